The minimum Gasteiger partial charge on any atom is -0.461 e. The summed E-state index contributed by atoms with van der Waals surface area (Å²) in [7, 11) is 0. The fourth-order valence-corrected chi connectivity index (χ4v) is 3.08. The number of rotatable bonds is 6. The molecule has 1 aromatic heterocycles. The van der Waals surface area contributed by atoms with Crippen LogP contribution in [-0.2, 0) is 14.3 Å². The third-order valence-corrected chi connectivity index (χ3v) is 4.81. The van der Waals surface area contributed by atoms with Crippen molar-refractivity contribution >= 4 is 46.7 Å². The number of hydrogen-bond acceptors (Lipinski definition) is 5. The normalized spacial score (nSPS) is 10.5. The van der Waals surface area contributed by atoms with Crippen molar-refractivity contribution in [1.82, 2.24) is 4.98 Å². The van der Waals surface area contributed by atoms with Gasteiger partial charge in [-0.05, 0) is 44.9 Å². The Morgan fingerprint density at radius 3 is 2.39 bits per heavy atom. The van der Waals surface area contributed by atoms with Crippen LogP contribution in [0.2, 0.25) is 10.0 Å². The number of halogens is 2. The summed E-state index contributed by atoms with van der Waals surface area (Å²) in [4.78, 5) is 39.3. The lowest BCUT2D eigenvalue weighted by molar-refractivity contribution is -0.119. The molecule has 0 spiro atoms. The number of hydrogen-bond donors (Lipinski definition) is 2. The Balaban J connectivity index is 2.08. The number of aromatic nitrogens is 1. The topological polar surface area (TPSA) is 97.5 Å². The van der Waals surface area contributed by atoms with E-state index in [-0.39, 0.29) is 28.6 Å². The van der Waals surface area contributed by atoms with Gasteiger partial charge in [0, 0.05) is 5.69 Å². The second kappa shape index (κ2) is 9.12. The molecule has 0 aliphatic rings. The molecule has 150 valence electrons. The lowest BCUT2D eigenvalue weighted by atomic mass is 10.1. The molecular formula is C19H20Cl2N2O5. The molecule has 2 N–H and O–H groups in total. The van der Waals surface area contributed by atoms with Gasteiger partial charge in [-0.1, -0.05) is 29.3 Å². The molecule has 0 saturated carbocycles. The number of nitrogens with one attached hydrogen (secondary N) is 2. The largest absolute Gasteiger partial charge is 0.461 e. The molecule has 0 aliphatic heterocycles. The maximum Gasteiger partial charge on any atom is 0.355 e. The summed E-state index contributed by atoms with van der Waals surface area (Å²) in [6.07, 6.45) is 0. The third-order valence-electron chi connectivity index (χ3n) is 4.00. The number of carbonyl (C=O) groups is 3. The molecular weight excluding hydrogens is 407 g/mol. The fraction of sp³-hybridized carbons (Fsp3) is 0.316. The first kappa shape index (κ1) is 21.8. The van der Waals surface area contributed by atoms with Crippen LogP contribution in [0.25, 0.3) is 0 Å². The number of benzene rings is 1. The number of esters is 2. The number of anilines is 1. The van der Waals surface area contributed by atoms with Crippen LogP contribution in [0.1, 0.15) is 44.6 Å². The number of ether oxygens (including phenoxy) is 2. The van der Waals surface area contributed by atoms with Crippen molar-refractivity contribution in [2.45, 2.75) is 27.7 Å². The second-order valence-electron chi connectivity index (χ2n) is 6.02. The van der Waals surface area contributed by atoms with E-state index in [1.54, 1.807) is 39.8 Å². The van der Waals surface area contributed by atoms with Gasteiger partial charge in [0.1, 0.15) is 5.69 Å². The summed E-state index contributed by atoms with van der Waals surface area (Å²) in [5.41, 5.74) is 2.19. The van der Waals surface area contributed by atoms with Gasteiger partial charge in [0.2, 0.25) is 0 Å². The van der Waals surface area contributed by atoms with Crippen molar-refractivity contribution in [3.63, 3.8) is 0 Å². The van der Waals surface area contributed by atoms with Crippen LogP contribution >= 0.6 is 23.2 Å². The van der Waals surface area contributed by atoms with Crippen LogP contribution < -0.4 is 5.32 Å². The molecule has 9 heteroatoms. The summed E-state index contributed by atoms with van der Waals surface area (Å²) in [5, 5.41) is 3.11. The molecule has 0 bridgehead atoms. The molecule has 0 fully saturated rings. The Labute approximate surface area is 172 Å². The van der Waals surface area contributed by atoms with Gasteiger partial charge in [-0.15, -0.1) is 0 Å². The Kier molecular flexibility index (Phi) is 7.10. The monoisotopic (exact) mass is 426 g/mol. The summed E-state index contributed by atoms with van der Waals surface area (Å²) in [6.45, 7) is 6.34. The van der Waals surface area contributed by atoms with E-state index >= 15 is 0 Å². The van der Waals surface area contributed by atoms with Crippen molar-refractivity contribution in [2.24, 2.45) is 0 Å². The zero-order chi connectivity index (χ0) is 21.0. The minimum atomic E-state index is -0.738. The van der Waals surface area contributed by atoms with E-state index in [1.165, 1.54) is 0 Å². The Morgan fingerprint density at radius 1 is 1.07 bits per heavy atom. The first-order valence-corrected chi connectivity index (χ1v) is 9.20. The van der Waals surface area contributed by atoms with Gasteiger partial charge in [0.05, 0.1) is 27.9 Å². The average Bonchev–Trinajstić information content (AvgIpc) is 2.94. The molecule has 0 unspecified atom stereocenters. The van der Waals surface area contributed by atoms with E-state index in [2.05, 4.69) is 10.3 Å². The number of carbonyl (C=O) groups excluding carboxylic acids is 3. The third kappa shape index (κ3) is 4.66. The molecule has 0 saturated heterocycles. The number of H-pyrrole nitrogens is 1. The Hall–Kier alpha value is -2.51. The van der Waals surface area contributed by atoms with Gasteiger partial charge in [-0.3, -0.25) is 4.79 Å². The average molecular weight is 427 g/mol. The molecule has 2 aromatic rings. The molecule has 2 rings (SSSR count). The lowest BCUT2D eigenvalue weighted by Gasteiger charge is -2.11. The molecule has 0 aliphatic carbocycles. The van der Waals surface area contributed by atoms with Crippen LogP contribution in [0.15, 0.2) is 12.1 Å². The van der Waals surface area contributed by atoms with Crippen LogP contribution in [0, 0.1) is 20.8 Å². The lowest BCUT2D eigenvalue weighted by Crippen LogP contribution is -2.22. The standard InChI is InChI=1S/C19H20Cl2N2O5/c1-5-27-19(26)16-10(3)14(11(4)22-16)18(25)28-8-13(24)23-17-12(20)7-6-9(2)15(17)21/h6-7,22H,5,8H2,1-4H3,(H,23,24). The van der Waals surface area contributed by atoms with Gasteiger partial charge in [-0.2, -0.15) is 0 Å². The highest BCUT2D eigenvalue weighted by molar-refractivity contribution is 6.40. The quantitative estimate of drug-likeness (QED) is 0.673. The van der Waals surface area contributed by atoms with E-state index in [9.17, 15) is 14.4 Å². The van der Waals surface area contributed by atoms with E-state index in [4.69, 9.17) is 32.7 Å². The van der Waals surface area contributed by atoms with Gasteiger partial charge in [-0.25, -0.2) is 9.59 Å². The smallest absolute Gasteiger partial charge is 0.355 e. The molecule has 28 heavy (non-hydrogen) atoms. The highest BCUT2D eigenvalue weighted by Gasteiger charge is 2.24. The second-order valence-corrected chi connectivity index (χ2v) is 6.81. The van der Waals surface area contributed by atoms with Crippen molar-refractivity contribution in [3.05, 3.63) is 50.3 Å². The van der Waals surface area contributed by atoms with Crippen molar-refractivity contribution in [2.75, 3.05) is 18.5 Å². The molecule has 0 atom stereocenters. The predicted molar refractivity (Wildman–Crippen MR) is 106 cm³/mol. The Morgan fingerprint density at radius 2 is 1.75 bits per heavy atom. The van der Waals surface area contributed by atoms with Crippen molar-refractivity contribution < 1.29 is 23.9 Å². The molecule has 0 radical (unpaired) electrons. The van der Waals surface area contributed by atoms with E-state index < -0.39 is 24.5 Å². The summed E-state index contributed by atoms with van der Waals surface area (Å²) < 4.78 is 10.0. The van der Waals surface area contributed by atoms with E-state index in [1.807, 2.05) is 0 Å². The molecule has 1 amide bonds. The Bertz CT molecular complexity index is 937. The first-order chi connectivity index (χ1) is 13.2. The van der Waals surface area contributed by atoms with Gasteiger partial charge < -0.3 is 19.8 Å². The number of aromatic amines is 1. The van der Waals surface area contributed by atoms with E-state index in [0.717, 1.165) is 5.56 Å². The summed E-state index contributed by atoms with van der Waals surface area (Å²) in [6, 6.07) is 3.33. The minimum absolute atomic E-state index is 0.175. The fourth-order valence-electron chi connectivity index (χ4n) is 2.61. The number of aryl methyl sites for hydroxylation is 2. The van der Waals surface area contributed by atoms with Gasteiger partial charge >= 0.3 is 11.9 Å². The van der Waals surface area contributed by atoms with E-state index in [0.29, 0.717) is 16.3 Å². The molecule has 1 heterocycles. The highest BCUT2D eigenvalue weighted by Crippen LogP contribution is 2.32. The zero-order valence-corrected chi connectivity index (χ0v) is 17.4. The highest BCUT2D eigenvalue weighted by atomic mass is 35.5. The molecule has 7 nitrogen and oxygen atoms in total. The van der Waals surface area contributed by atoms with Gasteiger partial charge in [0.25, 0.3) is 5.91 Å². The summed E-state index contributed by atoms with van der Waals surface area (Å²) >= 11 is 12.2. The zero-order valence-electron chi connectivity index (χ0n) is 15.9. The first-order valence-electron chi connectivity index (χ1n) is 8.45. The van der Waals surface area contributed by atoms with Crippen LogP contribution in [-0.4, -0.2) is 36.0 Å². The van der Waals surface area contributed by atoms with Gasteiger partial charge in [0.15, 0.2) is 6.61 Å². The maximum absolute atomic E-state index is 12.4. The SMILES string of the molecule is CCOC(=O)c1[nH]c(C)c(C(=O)OCC(=O)Nc2c(Cl)ccc(C)c2Cl)c1C. The number of amides is 1. The maximum atomic E-state index is 12.4. The van der Waals surface area contributed by atoms with Crippen LogP contribution in [0.4, 0.5) is 5.69 Å². The van der Waals surface area contributed by atoms with Crippen LogP contribution in [0.3, 0.4) is 0 Å². The predicted octanol–water partition coefficient (Wildman–Crippen LogP) is 4.22. The molecule has 1 aromatic carbocycles. The summed E-state index contributed by atoms with van der Waals surface area (Å²) in [5.74, 6) is -1.90. The van der Waals surface area contributed by atoms with Crippen molar-refractivity contribution in [1.29, 1.82) is 0 Å². The van der Waals surface area contributed by atoms with Crippen LogP contribution in [0.5, 0.6) is 0 Å². The van der Waals surface area contributed by atoms with Crippen molar-refractivity contribution in [3.8, 4) is 0 Å².